The molecular formula is C37H62O17. The highest BCUT2D eigenvalue weighted by Gasteiger charge is 2.63. The molecule has 0 aromatic heterocycles. The Balaban J connectivity index is 1.31. The third kappa shape index (κ3) is 7.86. The van der Waals surface area contributed by atoms with Gasteiger partial charge in [-0.05, 0) is 63.2 Å². The lowest BCUT2D eigenvalue weighted by Crippen LogP contribution is -2.67. The zero-order valence-corrected chi connectivity index (χ0v) is 32.2. The second-order valence-electron chi connectivity index (χ2n) is 17.5. The smallest absolute Gasteiger partial charge is 0.303 e. The zero-order chi connectivity index (χ0) is 39.7. The Bertz CT molecular complexity index is 1300. The summed E-state index contributed by atoms with van der Waals surface area (Å²) >= 11 is 0. The number of hydrogen-bond donors (Lipinski definition) is 8. The van der Waals surface area contributed by atoms with Gasteiger partial charge in [0.25, 0.3) is 0 Å². The number of carbonyl (C=O) groups is 1. The molecule has 21 atom stereocenters. The summed E-state index contributed by atoms with van der Waals surface area (Å²) in [5.74, 6) is -2.21. The Kier molecular flexibility index (Phi) is 12.5. The van der Waals surface area contributed by atoms with Crippen LogP contribution in [0.15, 0.2) is 0 Å². The van der Waals surface area contributed by atoms with E-state index in [0.717, 1.165) is 32.6 Å². The maximum Gasteiger partial charge on any atom is 0.303 e. The van der Waals surface area contributed by atoms with E-state index in [9.17, 15) is 45.6 Å². The minimum atomic E-state index is -1.71. The van der Waals surface area contributed by atoms with Gasteiger partial charge in [0.15, 0.2) is 30.8 Å². The van der Waals surface area contributed by atoms with Gasteiger partial charge in [-0.1, -0.05) is 27.2 Å². The summed E-state index contributed by atoms with van der Waals surface area (Å²) in [5.41, 5.74) is -0.270. The fraction of sp³-hybridized carbons (Fsp3) is 0.973. The van der Waals surface area contributed by atoms with Gasteiger partial charge in [0.1, 0.15) is 54.9 Å². The third-order valence-electron chi connectivity index (χ3n) is 13.2. The lowest BCUT2D eigenvalue weighted by atomic mass is 9.46. The maximum absolute atomic E-state index is 12.0. The molecule has 4 saturated heterocycles. The molecule has 2 aliphatic carbocycles. The molecule has 0 amide bonds. The van der Waals surface area contributed by atoms with Gasteiger partial charge in [-0.25, -0.2) is 0 Å². The standard InChI is InChI=1S/C37H62O17/c1-15-23(40)26(43)28(45)32(47-15)52-31-27(44)24(41)16(2)48-34(31)54-37(7)13-19(50-33-29(46)30(49-17(3)39)25(42)20(14-38)51-33)22-18(53-37)9-10-21-35(4,5)11-8-12-36(21,22)6/h15-16,18-34,38,40-46H,8-14H2,1-7H3. The lowest BCUT2D eigenvalue weighted by Gasteiger charge is -2.63. The minimum Gasteiger partial charge on any atom is -0.457 e. The average Bonchev–Trinajstić information content (AvgIpc) is 3.08. The summed E-state index contributed by atoms with van der Waals surface area (Å²) in [6.45, 7) is 12.0. The number of fused-ring (bicyclic) bond motifs is 3. The minimum absolute atomic E-state index is 0.0215. The molecule has 17 heteroatoms. The van der Waals surface area contributed by atoms with Gasteiger partial charge in [-0.3, -0.25) is 4.79 Å². The van der Waals surface area contributed by atoms with E-state index in [-0.39, 0.29) is 23.2 Å². The molecule has 6 fully saturated rings. The number of aliphatic hydroxyl groups excluding tert-OH is 8. The van der Waals surface area contributed by atoms with Gasteiger partial charge in [0.2, 0.25) is 0 Å². The van der Waals surface area contributed by atoms with Gasteiger partial charge < -0.3 is 78.7 Å². The molecule has 4 heterocycles. The second kappa shape index (κ2) is 15.9. The van der Waals surface area contributed by atoms with Crippen molar-refractivity contribution in [2.75, 3.05) is 6.61 Å². The SMILES string of the molecule is CC(=O)OC1C(O)C(CO)OC(OC2CC(C)(OC3OC(C)C(O)C(O)C3OC3OC(C)C(O)C(O)C3O)OC3CCC4C(C)(C)CCCC4(C)C23)C1O. The highest BCUT2D eigenvalue weighted by Crippen LogP contribution is 2.63. The first-order valence-electron chi connectivity index (χ1n) is 19.4. The molecule has 0 spiro atoms. The highest BCUT2D eigenvalue weighted by atomic mass is 16.8. The quantitative estimate of drug-likeness (QED) is 0.140. The van der Waals surface area contributed by atoms with Crippen LogP contribution >= 0.6 is 0 Å². The van der Waals surface area contributed by atoms with Gasteiger partial charge in [-0.2, -0.15) is 0 Å². The van der Waals surface area contributed by atoms with Crippen molar-refractivity contribution in [2.45, 2.75) is 197 Å². The van der Waals surface area contributed by atoms with Crippen LogP contribution in [-0.2, 0) is 42.7 Å². The molecule has 2 saturated carbocycles. The van der Waals surface area contributed by atoms with E-state index >= 15 is 0 Å². The number of ether oxygens (including phenoxy) is 8. The van der Waals surface area contributed by atoms with E-state index in [4.69, 9.17) is 37.9 Å². The number of rotatable bonds is 8. The summed E-state index contributed by atoms with van der Waals surface area (Å²) in [4.78, 5) is 12.0. The Morgan fingerprint density at radius 1 is 0.722 bits per heavy atom. The molecule has 6 aliphatic rings. The van der Waals surface area contributed by atoms with Crippen molar-refractivity contribution >= 4 is 5.97 Å². The van der Waals surface area contributed by atoms with E-state index in [1.807, 2.05) is 0 Å². The summed E-state index contributed by atoms with van der Waals surface area (Å²) in [6.07, 6.45) is -18.1. The van der Waals surface area contributed by atoms with E-state index < -0.39 is 123 Å². The monoisotopic (exact) mass is 778 g/mol. The van der Waals surface area contributed by atoms with Crippen LogP contribution in [0.4, 0.5) is 0 Å². The molecule has 21 unspecified atom stereocenters. The van der Waals surface area contributed by atoms with Crippen LogP contribution in [0.2, 0.25) is 0 Å². The van der Waals surface area contributed by atoms with E-state index in [2.05, 4.69) is 20.8 Å². The van der Waals surface area contributed by atoms with Crippen molar-refractivity contribution in [3.05, 3.63) is 0 Å². The molecule has 8 N–H and O–H groups in total. The first kappa shape index (κ1) is 42.5. The second-order valence-corrected chi connectivity index (χ2v) is 17.5. The highest BCUT2D eigenvalue weighted by molar-refractivity contribution is 5.66. The van der Waals surface area contributed by atoms with Crippen LogP contribution in [0, 0.1) is 22.7 Å². The number of aliphatic hydroxyl groups is 8. The molecule has 17 nitrogen and oxygen atoms in total. The van der Waals surface area contributed by atoms with Crippen molar-refractivity contribution in [3.63, 3.8) is 0 Å². The average molecular weight is 779 g/mol. The molecule has 0 aromatic rings. The van der Waals surface area contributed by atoms with Crippen molar-refractivity contribution in [3.8, 4) is 0 Å². The van der Waals surface area contributed by atoms with Crippen molar-refractivity contribution in [1.82, 2.24) is 0 Å². The first-order valence-corrected chi connectivity index (χ1v) is 19.4. The van der Waals surface area contributed by atoms with Crippen LogP contribution in [0.3, 0.4) is 0 Å². The largest absolute Gasteiger partial charge is 0.457 e. The molecule has 312 valence electrons. The lowest BCUT2D eigenvalue weighted by molar-refractivity contribution is -0.421. The molecule has 0 aromatic carbocycles. The van der Waals surface area contributed by atoms with Gasteiger partial charge in [0.05, 0.1) is 31.0 Å². The van der Waals surface area contributed by atoms with Crippen LogP contribution in [-0.4, -0.2) is 164 Å². The van der Waals surface area contributed by atoms with Crippen molar-refractivity contribution in [2.24, 2.45) is 22.7 Å². The molecule has 0 bridgehead atoms. The number of hydrogen-bond acceptors (Lipinski definition) is 17. The topological polar surface area (TPSA) is 253 Å². The van der Waals surface area contributed by atoms with Crippen molar-refractivity contribution in [1.29, 1.82) is 0 Å². The summed E-state index contributed by atoms with van der Waals surface area (Å²) in [6, 6.07) is 0. The predicted molar refractivity (Wildman–Crippen MR) is 183 cm³/mol. The summed E-state index contributed by atoms with van der Waals surface area (Å²) in [5, 5.41) is 85.7. The maximum atomic E-state index is 12.0. The molecule has 4 aliphatic heterocycles. The fourth-order valence-corrected chi connectivity index (χ4v) is 10.5. The fourth-order valence-electron chi connectivity index (χ4n) is 10.5. The zero-order valence-electron chi connectivity index (χ0n) is 32.2. The van der Waals surface area contributed by atoms with E-state index in [0.29, 0.717) is 12.3 Å². The molecule has 0 radical (unpaired) electrons. The van der Waals surface area contributed by atoms with Crippen LogP contribution < -0.4 is 0 Å². The first-order chi connectivity index (χ1) is 25.2. The Hall–Kier alpha value is -1.13. The van der Waals surface area contributed by atoms with E-state index in [1.165, 1.54) is 6.92 Å². The summed E-state index contributed by atoms with van der Waals surface area (Å²) in [7, 11) is 0. The normalized spacial score (nSPS) is 53.6. The molecular weight excluding hydrogens is 716 g/mol. The van der Waals surface area contributed by atoms with Crippen molar-refractivity contribution < 1.29 is 83.5 Å². The molecule has 6 rings (SSSR count). The predicted octanol–water partition coefficient (Wildman–Crippen LogP) is -0.814. The third-order valence-corrected chi connectivity index (χ3v) is 13.2. The van der Waals surface area contributed by atoms with Crippen LogP contribution in [0.1, 0.15) is 87.0 Å². The van der Waals surface area contributed by atoms with Gasteiger partial charge in [0, 0.05) is 19.3 Å². The molecule has 54 heavy (non-hydrogen) atoms. The van der Waals surface area contributed by atoms with E-state index in [1.54, 1.807) is 13.8 Å². The Labute approximate surface area is 315 Å². The Morgan fingerprint density at radius 2 is 1.35 bits per heavy atom. The van der Waals surface area contributed by atoms with Gasteiger partial charge >= 0.3 is 5.97 Å². The van der Waals surface area contributed by atoms with Crippen LogP contribution in [0.5, 0.6) is 0 Å². The van der Waals surface area contributed by atoms with Gasteiger partial charge in [-0.15, -0.1) is 0 Å². The number of esters is 1. The van der Waals surface area contributed by atoms with Crippen LogP contribution in [0.25, 0.3) is 0 Å². The number of carbonyl (C=O) groups excluding carboxylic acids is 1. The Morgan fingerprint density at radius 3 is 2.00 bits per heavy atom. The summed E-state index contributed by atoms with van der Waals surface area (Å²) < 4.78 is 49.1.